The Balaban J connectivity index is 2.02. The Kier molecular flexibility index (Phi) is 4.09. The highest BCUT2D eigenvalue weighted by molar-refractivity contribution is 7.99. The highest BCUT2D eigenvalue weighted by atomic mass is 32.2. The molecule has 2 rings (SSSR count). The summed E-state index contributed by atoms with van der Waals surface area (Å²) >= 11 is 2.04. The molecule has 1 aliphatic heterocycles. The summed E-state index contributed by atoms with van der Waals surface area (Å²) in [5.74, 6) is 2.50. The van der Waals surface area contributed by atoms with E-state index >= 15 is 0 Å². The minimum absolute atomic E-state index is 0.592. The first-order valence-corrected chi connectivity index (χ1v) is 6.96. The van der Waals surface area contributed by atoms with Crippen LogP contribution in [0.3, 0.4) is 0 Å². The van der Waals surface area contributed by atoms with Gasteiger partial charge >= 0.3 is 0 Å². The quantitative estimate of drug-likeness (QED) is 0.784. The third kappa shape index (κ3) is 2.76. The SMILES string of the molecule is CCSCCC1NCCc2ccccc21. The first-order valence-electron chi connectivity index (χ1n) is 5.80. The molecule has 0 saturated heterocycles. The zero-order chi connectivity index (χ0) is 10.5. The average molecular weight is 221 g/mol. The van der Waals surface area contributed by atoms with Crippen molar-refractivity contribution in [3.8, 4) is 0 Å². The molecule has 1 aliphatic rings. The highest BCUT2D eigenvalue weighted by Gasteiger charge is 2.17. The lowest BCUT2D eigenvalue weighted by molar-refractivity contribution is 0.495. The Labute approximate surface area is 96.7 Å². The molecule has 15 heavy (non-hydrogen) atoms. The fourth-order valence-corrected chi connectivity index (χ4v) is 2.89. The average Bonchev–Trinajstić information content (AvgIpc) is 2.30. The summed E-state index contributed by atoms with van der Waals surface area (Å²) in [5.41, 5.74) is 3.07. The second-order valence-corrected chi connectivity index (χ2v) is 5.33. The summed E-state index contributed by atoms with van der Waals surface area (Å²) in [5, 5.41) is 3.62. The van der Waals surface area contributed by atoms with E-state index in [1.165, 1.54) is 29.9 Å². The van der Waals surface area contributed by atoms with E-state index in [0.29, 0.717) is 6.04 Å². The first kappa shape index (κ1) is 11.0. The van der Waals surface area contributed by atoms with Crippen LogP contribution in [0.2, 0.25) is 0 Å². The van der Waals surface area contributed by atoms with E-state index in [2.05, 4.69) is 36.5 Å². The van der Waals surface area contributed by atoms with Crippen molar-refractivity contribution in [3.63, 3.8) is 0 Å². The lowest BCUT2D eigenvalue weighted by Crippen LogP contribution is -2.30. The topological polar surface area (TPSA) is 12.0 Å². The van der Waals surface area contributed by atoms with Crippen molar-refractivity contribution in [3.05, 3.63) is 35.4 Å². The fraction of sp³-hybridized carbons (Fsp3) is 0.538. The van der Waals surface area contributed by atoms with Crippen molar-refractivity contribution >= 4 is 11.8 Å². The minimum Gasteiger partial charge on any atom is -0.310 e. The number of fused-ring (bicyclic) bond motifs is 1. The van der Waals surface area contributed by atoms with Crippen molar-refractivity contribution in [1.29, 1.82) is 0 Å². The molecule has 0 aliphatic carbocycles. The Hall–Kier alpha value is -0.470. The number of nitrogens with one attached hydrogen (secondary N) is 1. The highest BCUT2D eigenvalue weighted by Crippen LogP contribution is 2.26. The Bertz CT molecular complexity index is 311. The van der Waals surface area contributed by atoms with E-state index in [0.717, 1.165) is 6.54 Å². The molecule has 1 atom stereocenters. The van der Waals surface area contributed by atoms with Crippen LogP contribution in [0, 0.1) is 0 Å². The third-order valence-corrected chi connectivity index (χ3v) is 3.90. The van der Waals surface area contributed by atoms with Crippen LogP contribution in [0.1, 0.15) is 30.5 Å². The van der Waals surface area contributed by atoms with Crippen LogP contribution in [0.4, 0.5) is 0 Å². The zero-order valence-electron chi connectivity index (χ0n) is 9.33. The Morgan fingerprint density at radius 2 is 2.27 bits per heavy atom. The van der Waals surface area contributed by atoms with Gasteiger partial charge in [0.2, 0.25) is 0 Å². The molecule has 82 valence electrons. The van der Waals surface area contributed by atoms with Gasteiger partial charge in [-0.1, -0.05) is 31.2 Å². The summed E-state index contributed by atoms with van der Waals surface area (Å²) in [7, 11) is 0. The van der Waals surface area contributed by atoms with Gasteiger partial charge in [0.1, 0.15) is 0 Å². The molecule has 1 N–H and O–H groups in total. The number of benzene rings is 1. The standard InChI is InChI=1S/C13H19NS/c1-2-15-10-8-13-12-6-4-3-5-11(12)7-9-14-13/h3-6,13-14H,2,7-10H2,1H3. The van der Waals surface area contributed by atoms with Crippen molar-refractivity contribution in [2.75, 3.05) is 18.1 Å². The number of hydrogen-bond donors (Lipinski definition) is 1. The van der Waals surface area contributed by atoms with E-state index in [1.807, 2.05) is 11.8 Å². The molecule has 1 heterocycles. The van der Waals surface area contributed by atoms with Crippen LogP contribution in [0.25, 0.3) is 0 Å². The van der Waals surface area contributed by atoms with Gasteiger partial charge in [-0.05, 0) is 42.0 Å². The summed E-state index contributed by atoms with van der Waals surface area (Å²) in [6, 6.07) is 9.46. The van der Waals surface area contributed by atoms with E-state index in [1.54, 1.807) is 5.56 Å². The van der Waals surface area contributed by atoms with Gasteiger partial charge < -0.3 is 5.32 Å². The van der Waals surface area contributed by atoms with Gasteiger partial charge in [-0.3, -0.25) is 0 Å². The minimum atomic E-state index is 0.592. The van der Waals surface area contributed by atoms with Crippen LogP contribution in [0.15, 0.2) is 24.3 Å². The summed E-state index contributed by atoms with van der Waals surface area (Å²) in [4.78, 5) is 0. The predicted octanol–water partition coefficient (Wildman–Crippen LogP) is 3.02. The van der Waals surface area contributed by atoms with Gasteiger partial charge in [0, 0.05) is 6.04 Å². The van der Waals surface area contributed by atoms with Gasteiger partial charge in [-0.25, -0.2) is 0 Å². The van der Waals surface area contributed by atoms with Crippen LogP contribution in [-0.2, 0) is 6.42 Å². The number of hydrogen-bond acceptors (Lipinski definition) is 2. The predicted molar refractivity (Wildman–Crippen MR) is 68.5 cm³/mol. The molecular formula is C13H19NS. The van der Waals surface area contributed by atoms with Crippen molar-refractivity contribution in [2.24, 2.45) is 0 Å². The molecule has 0 bridgehead atoms. The molecule has 1 unspecified atom stereocenters. The molecule has 0 radical (unpaired) electrons. The maximum Gasteiger partial charge on any atom is 0.0330 e. The maximum absolute atomic E-state index is 3.62. The molecular weight excluding hydrogens is 202 g/mol. The van der Waals surface area contributed by atoms with Gasteiger partial charge in [-0.15, -0.1) is 0 Å². The zero-order valence-corrected chi connectivity index (χ0v) is 10.1. The molecule has 1 nitrogen and oxygen atoms in total. The molecule has 0 amide bonds. The lowest BCUT2D eigenvalue weighted by Gasteiger charge is -2.26. The van der Waals surface area contributed by atoms with E-state index in [-0.39, 0.29) is 0 Å². The molecule has 0 spiro atoms. The first-order chi connectivity index (χ1) is 7.42. The van der Waals surface area contributed by atoms with Crippen molar-refractivity contribution < 1.29 is 0 Å². The molecule has 0 fully saturated rings. The number of thioether (sulfide) groups is 1. The lowest BCUT2D eigenvalue weighted by atomic mass is 9.93. The molecule has 2 heteroatoms. The van der Waals surface area contributed by atoms with Crippen molar-refractivity contribution in [2.45, 2.75) is 25.8 Å². The summed E-state index contributed by atoms with van der Waals surface area (Å²) in [6.45, 7) is 3.37. The van der Waals surface area contributed by atoms with Gasteiger partial charge in [0.05, 0.1) is 0 Å². The third-order valence-electron chi connectivity index (χ3n) is 2.97. The Morgan fingerprint density at radius 1 is 1.40 bits per heavy atom. The van der Waals surface area contributed by atoms with E-state index in [4.69, 9.17) is 0 Å². The van der Waals surface area contributed by atoms with E-state index in [9.17, 15) is 0 Å². The second-order valence-electron chi connectivity index (χ2n) is 3.94. The second kappa shape index (κ2) is 5.57. The number of rotatable bonds is 4. The summed E-state index contributed by atoms with van der Waals surface area (Å²) in [6.07, 6.45) is 2.45. The van der Waals surface area contributed by atoms with Gasteiger partial charge in [-0.2, -0.15) is 11.8 Å². The summed E-state index contributed by atoms with van der Waals surface area (Å²) < 4.78 is 0. The van der Waals surface area contributed by atoms with Crippen LogP contribution in [0.5, 0.6) is 0 Å². The van der Waals surface area contributed by atoms with E-state index < -0.39 is 0 Å². The van der Waals surface area contributed by atoms with Crippen LogP contribution < -0.4 is 5.32 Å². The maximum atomic E-state index is 3.62. The largest absolute Gasteiger partial charge is 0.310 e. The van der Waals surface area contributed by atoms with Gasteiger partial charge in [0.25, 0.3) is 0 Å². The van der Waals surface area contributed by atoms with Gasteiger partial charge in [0.15, 0.2) is 0 Å². The normalized spacial score (nSPS) is 19.9. The Morgan fingerprint density at radius 3 is 3.13 bits per heavy atom. The molecule has 0 saturated carbocycles. The molecule has 1 aromatic carbocycles. The van der Waals surface area contributed by atoms with Crippen molar-refractivity contribution in [1.82, 2.24) is 5.32 Å². The van der Waals surface area contributed by atoms with Crippen LogP contribution >= 0.6 is 11.8 Å². The smallest absolute Gasteiger partial charge is 0.0330 e. The molecule has 0 aromatic heterocycles. The fourth-order valence-electron chi connectivity index (χ4n) is 2.20. The monoisotopic (exact) mass is 221 g/mol. The molecule has 1 aromatic rings. The van der Waals surface area contributed by atoms with Crippen LogP contribution in [-0.4, -0.2) is 18.1 Å².